The van der Waals surface area contributed by atoms with Crippen molar-refractivity contribution >= 4 is 45.1 Å². The molecule has 0 spiro atoms. The van der Waals surface area contributed by atoms with Crippen LogP contribution < -0.4 is 18.9 Å². The molecule has 1 aromatic heterocycles. The van der Waals surface area contributed by atoms with Crippen LogP contribution in [0.3, 0.4) is 0 Å². The van der Waals surface area contributed by atoms with Crippen molar-refractivity contribution in [2.75, 3.05) is 25.2 Å². The third-order valence-electron chi connectivity index (χ3n) is 5.00. The summed E-state index contributed by atoms with van der Waals surface area (Å²) in [5, 5.41) is 2.40. The fraction of sp³-hybridized carbons (Fsp3) is 0.240. The Morgan fingerprint density at radius 3 is 2.48 bits per heavy atom. The Balaban J connectivity index is 1.45. The van der Waals surface area contributed by atoms with Crippen LogP contribution in [0.25, 0.3) is 16.3 Å². The summed E-state index contributed by atoms with van der Waals surface area (Å²) in [6.45, 7) is 5.38. The molecule has 4 nitrogen and oxygen atoms in total. The Morgan fingerprint density at radius 1 is 0.968 bits per heavy atom. The third-order valence-corrected chi connectivity index (χ3v) is 7.33. The Kier molecular flexibility index (Phi) is 6.68. The molecule has 0 unspecified atom stereocenters. The predicted octanol–water partition coefficient (Wildman–Crippen LogP) is 6.18. The maximum Gasteiger partial charge on any atom is 0.262 e. The summed E-state index contributed by atoms with van der Waals surface area (Å²) < 4.78 is 14.7. The van der Waals surface area contributed by atoms with E-state index in [1.54, 1.807) is 23.1 Å². The van der Waals surface area contributed by atoms with Crippen LogP contribution >= 0.6 is 23.1 Å². The molecule has 0 radical (unpaired) electrons. The molecule has 160 valence electrons. The number of aryl methyl sites for hydroxylation is 1. The van der Waals surface area contributed by atoms with E-state index in [1.807, 2.05) is 26.0 Å². The fourth-order valence-corrected chi connectivity index (χ4v) is 5.63. The molecule has 0 fully saturated rings. The summed E-state index contributed by atoms with van der Waals surface area (Å²) in [7, 11) is 4.20. The van der Waals surface area contributed by atoms with Crippen molar-refractivity contribution in [3.63, 3.8) is 0 Å². The van der Waals surface area contributed by atoms with Crippen molar-refractivity contribution in [3.05, 3.63) is 70.7 Å². The number of thiazole rings is 1. The van der Waals surface area contributed by atoms with Gasteiger partial charge in [-0.05, 0) is 44.2 Å². The second-order valence-electron chi connectivity index (χ2n) is 7.03. The van der Waals surface area contributed by atoms with Gasteiger partial charge in [0.25, 0.3) is 5.01 Å². The van der Waals surface area contributed by atoms with Gasteiger partial charge in [0, 0.05) is 30.2 Å². The minimum atomic E-state index is 0.683. The first kappa shape index (κ1) is 21.5. The van der Waals surface area contributed by atoms with E-state index >= 15 is 0 Å². The van der Waals surface area contributed by atoms with E-state index in [9.17, 15) is 0 Å². The zero-order chi connectivity index (χ0) is 21.8. The summed E-state index contributed by atoms with van der Waals surface area (Å²) in [4.78, 5) is 3.44. The Bertz CT molecular complexity index is 1180. The van der Waals surface area contributed by atoms with Gasteiger partial charge < -0.3 is 14.4 Å². The standard InChI is InChI=1S/C25H27N2O2S2/c1-5-28-18-12-14-20-22(16-18)30-24(26(20)3)10-8-7-9-11-25-27(4)21-15-13-19(29-6-2)17-23(21)31-25/h7-17H,5-6H2,1-4H3/q+1. The van der Waals surface area contributed by atoms with Gasteiger partial charge in [0.2, 0.25) is 5.52 Å². The lowest BCUT2D eigenvalue weighted by Gasteiger charge is -2.13. The molecule has 0 aliphatic carbocycles. The lowest BCUT2D eigenvalue weighted by Crippen LogP contribution is -2.28. The minimum Gasteiger partial charge on any atom is -0.494 e. The van der Waals surface area contributed by atoms with Gasteiger partial charge in [0.05, 0.1) is 23.9 Å². The highest BCUT2D eigenvalue weighted by Crippen LogP contribution is 2.46. The van der Waals surface area contributed by atoms with Gasteiger partial charge in [-0.25, -0.2) is 0 Å². The molecule has 0 atom stereocenters. The Hall–Kier alpha value is -2.70. The second-order valence-corrected chi connectivity index (χ2v) is 9.16. The predicted molar refractivity (Wildman–Crippen MR) is 132 cm³/mol. The van der Waals surface area contributed by atoms with Gasteiger partial charge in [-0.3, -0.25) is 0 Å². The number of allylic oxidation sites excluding steroid dienone is 4. The van der Waals surface area contributed by atoms with Crippen LogP contribution in [0.2, 0.25) is 0 Å². The number of aromatic nitrogens is 1. The van der Waals surface area contributed by atoms with Gasteiger partial charge in [-0.2, -0.15) is 4.57 Å². The number of thioether (sulfide) groups is 1. The first-order chi connectivity index (χ1) is 15.1. The van der Waals surface area contributed by atoms with Crippen LogP contribution in [0.15, 0.2) is 70.6 Å². The van der Waals surface area contributed by atoms with Gasteiger partial charge in [-0.15, -0.1) is 0 Å². The zero-order valence-electron chi connectivity index (χ0n) is 18.3. The highest BCUT2D eigenvalue weighted by atomic mass is 32.2. The van der Waals surface area contributed by atoms with Crippen molar-refractivity contribution in [1.29, 1.82) is 0 Å². The molecule has 0 amide bonds. The molecule has 0 N–H and O–H groups in total. The fourth-order valence-electron chi connectivity index (χ4n) is 3.45. The van der Waals surface area contributed by atoms with E-state index in [1.165, 1.54) is 30.8 Å². The summed E-state index contributed by atoms with van der Waals surface area (Å²) in [5.41, 5.74) is 2.43. The molecule has 6 heteroatoms. The smallest absolute Gasteiger partial charge is 0.262 e. The molecule has 1 aliphatic rings. The Labute approximate surface area is 192 Å². The second kappa shape index (κ2) is 9.62. The number of nitrogens with zero attached hydrogens (tertiary/aromatic N) is 2. The van der Waals surface area contributed by atoms with Crippen LogP contribution in [-0.2, 0) is 7.05 Å². The average Bonchev–Trinajstić information content (AvgIpc) is 3.24. The van der Waals surface area contributed by atoms with Crippen molar-refractivity contribution in [3.8, 4) is 11.5 Å². The number of benzene rings is 2. The summed E-state index contributed by atoms with van der Waals surface area (Å²) in [5.74, 6) is 1.85. The SMILES string of the molecule is CCOc1ccc2c(c1)SC(=CC=CC=Cc1sc3cc(OCC)ccc3[n+]1C)N2C. The van der Waals surface area contributed by atoms with E-state index in [0.29, 0.717) is 13.2 Å². The van der Waals surface area contributed by atoms with E-state index in [-0.39, 0.29) is 0 Å². The highest BCUT2D eigenvalue weighted by molar-refractivity contribution is 8.03. The van der Waals surface area contributed by atoms with Crippen molar-refractivity contribution in [2.24, 2.45) is 7.05 Å². The lowest BCUT2D eigenvalue weighted by molar-refractivity contribution is -0.642. The van der Waals surface area contributed by atoms with Crippen LogP contribution in [-0.4, -0.2) is 20.3 Å². The number of anilines is 1. The maximum absolute atomic E-state index is 5.62. The molecular formula is C25H27N2O2S2+. The van der Waals surface area contributed by atoms with E-state index in [4.69, 9.17) is 9.47 Å². The van der Waals surface area contributed by atoms with E-state index in [0.717, 1.165) is 11.5 Å². The van der Waals surface area contributed by atoms with Crippen molar-refractivity contribution in [1.82, 2.24) is 0 Å². The number of fused-ring (bicyclic) bond motifs is 2. The third kappa shape index (κ3) is 4.65. The lowest BCUT2D eigenvalue weighted by atomic mass is 10.3. The quantitative estimate of drug-likeness (QED) is 0.317. The molecule has 31 heavy (non-hydrogen) atoms. The van der Waals surface area contributed by atoms with Crippen LogP contribution in [0.4, 0.5) is 5.69 Å². The summed E-state index contributed by atoms with van der Waals surface area (Å²) in [6, 6.07) is 12.5. The highest BCUT2D eigenvalue weighted by Gasteiger charge is 2.21. The van der Waals surface area contributed by atoms with Gasteiger partial charge in [0.15, 0.2) is 0 Å². The van der Waals surface area contributed by atoms with Gasteiger partial charge in [-0.1, -0.05) is 41.3 Å². The van der Waals surface area contributed by atoms with Crippen molar-refractivity contribution < 1.29 is 14.0 Å². The molecule has 0 bridgehead atoms. The topological polar surface area (TPSA) is 25.6 Å². The molecule has 3 aromatic rings. The molecule has 0 saturated heterocycles. The van der Waals surface area contributed by atoms with Crippen LogP contribution in [0.1, 0.15) is 18.9 Å². The number of ether oxygens (including phenoxy) is 2. The first-order valence-corrected chi connectivity index (χ1v) is 12.0. The van der Waals surface area contributed by atoms with Gasteiger partial charge >= 0.3 is 0 Å². The maximum atomic E-state index is 5.62. The van der Waals surface area contributed by atoms with E-state index < -0.39 is 0 Å². The van der Waals surface area contributed by atoms with Crippen LogP contribution in [0.5, 0.6) is 11.5 Å². The van der Waals surface area contributed by atoms with Crippen LogP contribution in [0, 0.1) is 0 Å². The summed E-state index contributed by atoms with van der Waals surface area (Å²) >= 11 is 3.53. The molecule has 2 heterocycles. The monoisotopic (exact) mass is 451 g/mol. The zero-order valence-corrected chi connectivity index (χ0v) is 19.9. The van der Waals surface area contributed by atoms with Gasteiger partial charge in [0.1, 0.15) is 23.2 Å². The normalized spacial score (nSPS) is 15.0. The van der Waals surface area contributed by atoms with Crippen molar-refractivity contribution in [2.45, 2.75) is 18.7 Å². The molecule has 4 rings (SSSR count). The average molecular weight is 452 g/mol. The molecule has 1 aliphatic heterocycles. The molecule has 2 aromatic carbocycles. The van der Waals surface area contributed by atoms with E-state index in [2.05, 4.69) is 78.2 Å². The number of rotatable bonds is 7. The first-order valence-electron chi connectivity index (χ1n) is 10.4. The molecular weight excluding hydrogens is 424 g/mol. The number of hydrogen-bond donors (Lipinski definition) is 0. The Morgan fingerprint density at radius 2 is 1.71 bits per heavy atom. The molecule has 0 saturated carbocycles. The number of hydrogen-bond acceptors (Lipinski definition) is 5. The summed E-state index contributed by atoms with van der Waals surface area (Å²) in [6.07, 6.45) is 10.5. The largest absolute Gasteiger partial charge is 0.494 e. The minimum absolute atomic E-state index is 0.683.